The van der Waals surface area contributed by atoms with Gasteiger partial charge in [0, 0.05) is 58.3 Å². The third-order valence-corrected chi connectivity index (χ3v) is 5.66. The Morgan fingerprint density at radius 2 is 1.84 bits per heavy atom. The highest BCUT2D eigenvalue weighted by atomic mass is 19.2. The molecule has 0 fully saturated rings. The lowest BCUT2D eigenvalue weighted by Gasteiger charge is -2.11. The summed E-state index contributed by atoms with van der Waals surface area (Å²) in [5.74, 6) is -0.881. The zero-order chi connectivity index (χ0) is 20.9. The van der Waals surface area contributed by atoms with E-state index in [0.29, 0.717) is 17.9 Å². The molecule has 152 valence electrons. The van der Waals surface area contributed by atoms with Crippen LogP contribution in [0.15, 0.2) is 65.7 Å². The molecule has 1 aromatic carbocycles. The minimum atomic E-state index is -0.920. The Hall–Kier alpha value is -4.07. The van der Waals surface area contributed by atoms with Crippen LogP contribution in [0.4, 0.5) is 14.6 Å². The summed E-state index contributed by atoms with van der Waals surface area (Å²) in [6.45, 7) is 0.514. The second-order valence-corrected chi connectivity index (χ2v) is 7.44. The van der Waals surface area contributed by atoms with Gasteiger partial charge in [0.25, 0.3) is 0 Å². The number of anilines is 1. The fraction of sp³-hybridized carbons (Fsp3) is 0.0870. The molecule has 1 aliphatic heterocycles. The molecule has 6 nitrogen and oxygen atoms in total. The smallest absolute Gasteiger partial charge is 0.166 e. The number of halogens is 2. The van der Waals surface area contributed by atoms with Crippen molar-refractivity contribution >= 4 is 16.9 Å². The molecule has 0 saturated heterocycles. The average Bonchev–Trinajstić information content (AvgIpc) is 3.53. The summed E-state index contributed by atoms with van der Waals surface area (Å²) in [6.07, 6.45) is 6.85. The van der Waals surface area contributed by atoms with Crippen LogP contribution in [-0.2, 0) is 0 Å². The molecule has 8 heteroatoms. The van der Waals surface area contributed by atoms with Gasteiger partial charge in [0.15, 0.2) is 17.4 Å². The van der Waals surface area contributed by atoms with Gasteiger partial charge >= 0.3 is 0 Å². The van der Waals surface area contributed by atoms with Crippen LogP contribution in [0.25, 0.3) is 33.3 Å². The van der Waals surface area contributed by atoms with E-state index in [1.54, 1.807) is 12.4 Å². The maximum absolute atomic E-state index is 14.4. The maximum atomic E-state index is 14.4. The van der Waals surface area contributed by atoms with Crippen molar-refractivity contribution in [3.05, 3.63) is 84.1 Å². The fourth-order valence-corrected chi connectivity index (χ4v) is 4.11. The number of rotatable bonds is 3. The number of aromatic nitrogens is 4. The molecule has 0 bridgehead atoms. The van der Waals surface area contributed by atoms with Crippen molar-refractivity contribution in [3.8, 4) is 22.3 Å². The van der Waals surface area contributed by atoms with E-state index in [2.05, 4.69) is 25.4 Å². The lowest BCUT2D eigenvalue weighted by Crippen LogP contribution is -2.04. The summed E-state index contributed by atoms with van der Waals surface area (Å²) in [4.78, 5) is 12.1. The van der Waals surface area contributed by atoms with Crippen LogP contribution >= 0.6 is 0 Å². The van der Waals surface area contributed by atoms with Gasteiger partial charge < -0.3 is 14.8 Å². The predicted octanol–water partition coefficient (Wildman–Crippen LogP) is 5.12. The highest BCUT2D eigenvalue weighted by Gasteiger charge is 2.32. The molecule has 1 atom stereocenters. The first-order valence-electron chi connectivity index (χ1n) is 9.75. The van der Waals surface area contributed by atoms with Crippen LogP contribution in [0.2, 0.25) is 0 Å². The molecule has 5 aromatic rings. The van der Waals surface area contributed by atoms with E-state index in [1.807, 2.05) is 24.4 Å². The van der Waals surface area contributed by atoms with Gasteiger partial charge in [-0.1, -0.05) is 17.3 Å². The zero-order valence-electron chi connectivity index (χ0n) is 16.1. The minimum absolute atomic E-state index is 0.121. The lowest BCUT2D eigenvalue weighted by molar-refractivity contribution is 0.376. The second kappa shape index (κ2) is 6.73. The Balaban J connectivity index is 1.44. The van der Waals surface area contributed by atoms with Crippen LogP contribution in [0.5, 0.6) is 0 Å². The van der Waals surface area contributed by atoms with Crippen LogP contribution in [0, 0.1) is 11.6 Å². The number of nitrogens with zero attached hydrogens (tertiary/aromatic N) is 3. The monoisotopic (exact) mass is 415 g/mol. The molecule has 0 saturated carbocycles. The van der Waals surface area contributed by atoms with Crippen molar-refractivity contribution in [3.63, 3.8) is 0 Å². The molecule has 0 amide bonds. The van der Waals surface area contributed by atoms with Gasteiger partial charge in [-0.3, -0.25) is 0 Å². The molecule has 1 unspecified atom stereocenters. The number of benzene rings is 1. The molecular formula is C23H15F2N5O. The van der Waals surface area contributed by atoms with E-state index in [1.165, 1.54) is 18.3 Å². The number of H-pyrrole nitrogens is 1. The van der Waals surface area contributed by atoms with Gasteiger partial charge in [0.2, 0.25) is 0 Å². The van der Waals surface area contributed by atoms with Gasteiger partial charge in [-0.05, 0) is 24.3 Å². The van der Waals surface area contributed by atoms with Crippen molar-refractivity contribution in [1.82, 2.24) is 20.1 Å². The lowest BCUT2D eigenvalue weighted by atomic mass is 9.93. The van der Waals surface area contributed by atoms with Crippen LogP contribution < -0.4 is 5.32 Å². The molecule has 1 aliphatic rings. The summed E-state index contributed by atoms with van der Waals surface area (Å²) in [6, 6.07) is 10.1. The van der Waals surface area contributed by atoms with Gasteiger partial charge in [-0.2, -0.15) is 0 Å². The van der Waals surface area contributed by atoms with E-state index < -0.39 is 11.6 Å². The third kappa shape index (κ3) is 2.79. The Labute approximate surface area is 175 Å². The van der Waals surface area contributed by atoms with Crippen molar-refractivity contribution in [1.29, 1.82) is 0 Å². The fourth-order valence-electron chi connectivity index (χ4n) is 4.11. The molecule has 31 heavy (non-hydrogen) atoms. The molecule has 6 rings (SSSR count). The van der Waals surface area contributed by atoms with Gasteiger partial charge in [-0.25, -0.2) is 18.7 Å². The Morgan fingerprint density at radius 1 is 0.968 bits per heavy atom. The number of hydrogen-bond acceptors (Lipinski definition) is 5. The highest BCUT2D eigenvalue weighted by Crippen LogP contribution is 2.41. The second-order valence-electron chi connectivity index (χ2n) is 7.44. The van der Waals surface area contributed by atoms with Gasteiger partial charge in [-0.15, -0.1) is 0 Å². The van der Waals surface area contributed by atoms with Crippen LogP contribution in [0.1, 0.15) is 17.2 Å². The summed E-state index contributed by atoms with van der Waals surface area (Å²) >= 11 is 0. The van der Waals surface area contributed by atoms with Crippen molar-refractivity contribution in [2.45, 2.75) is 5.92 Å². The predicted molar refractivity (Wildman–Crippen MR) is 112 cm³/mol. The molecule has 5 heterocycles. The summed E-state index contributed by atoms with van der Waals surface area (Å²) < 4.78 is 33.7. The van der Waals surface area contributed by atoms with Gasteiger partial charge in [0.05, 0.1) is 12.1 Å². The van der Waals surface area contributed by atoms with E-state index in [-0.39, 0.29) is 11.5 Å². The first-order chi connectivity index (χ1) is 15.2. The Kier molecular flexibility index (Phi) is 3.86. The first-order valence-corrected chi connectivity index (χ1v) is 9.75. The van der Waals surface area contributed by atoms with E-state index in [0.717, 1.165) is 39.6 Å². The van der Waals surface area contributed by atoms with E-state index in [9.17, 15) is 8.78 Å². The number of hydrogen-bond donors (Lipinski definition) is 2. The number of nitrogens with one attached hydrogen (secondary N) is 2. The summed E-state index contributed by atoms with van der Waals surface area (Å²) in [5.41, 5.74) is 4.11. The molecule has 2 N–H and O–H groups in total. The van der Waals surface area contributed by atoms with Crippen molar-refractivity contribution in [2.75, 3.05) is 11.9 Å². The summed E-state index contributed by atoms with van der Waals surface area (Å²) in [7, 11) is 0. The number of fused-ring (bicyclic) bond motifs is 2. The van der Waals surface area contributed by atoms with Crippen molar-refractivity contribution < 1.29 is 13.3 Å². The maximum Gasteiger partial charge on any atom is 0.166 e. The Morgan fingerprint density at radius 3 is 2.77 bits per heavy atom. The minimum Gasteiger partial charge on any atom is -0.369 e. The van der Waals surface area contributed by atoms with Gasteiger partial charge in [0.1, 0.15) is 11.5 Å². The standard InChI is InChI=1S/C23H15F2N5O/c24-19-3-1-2-15(20(19)25)18-11-30-31-21(18)17-10-29-23-16(17)7-14(9-28-23)13-6-12-4-5-26-22(12)27-8-13/h1-9,11,17H,10H2,(H,26,27)(H,28,29). The third-order valence-electron chi connectivity index (χ3n) is 5.66. The molecule has 4 aromatic heterocycles. The van der Waals surface area contributed by atoms with Crippen LogP contribution in [-0.4, -0.2) is 26.7 Å². The molecule has 0 spiro atoms. The highest BCUT2D eigenvalue weighted by molar-refractivity contribution is 5.82. The largest absolute Gasteiger partial charge is 0.369 e. The molecule has 0 radical (unpaired) electrons. The average molecular weight is 415 g/mol. The normalized spacial score (nSPS) is 15.2. The van der Waals surface area contributed by atoms with E-state index in [4.69, 9.17) is 4.52 Å². The zero-order valence-corrected chi connectivity index (χ0v) is 16.1. The van der Waals surface area contributed by atoms with E-state index >= 15 is 0 Å². The quantitative estimate of drug-likeness (QED) is 0.428. The molecular weight excluding hydrogens is 400 g/mol. The number of aromatic amines is 1. The Bertz CT molecular complexity index is 1440. The SMILES string of the molecule is Fc1cccc(-c2cnoc2C2CNc3ncc(-c4cnc5[nH]ccc5c4)cc32)c1F. The summed E-state index contributed by atoms with van der Waals surface area (Å²) in [5, 5.41) is 8.14. The van der Waals surface area contributed by atoms with Crippen molar-refractivity contribution in [2.24, 2.45) is 0 Å². The molecule has 0 aliphatic carbocycles. The first kappa shape index (κ1) is 17.8. The van der Waals surface area contributed by atoms with Crippen LogP contribution in [0.3, 0.4) is 0 Å². The topological polar surface area (TPSA) is 79.6 Å². The number of pyridine rings is 2.